The average Bonchev–Trinajstić information content (AvgIpc) is 2.58. The predicted octanol–water partition coefficient (Wildman–Crippen LogP) is -5.89. The van der Waals surface area contributed by atoms with Crippen LogP contribution in [0, 0.1) is 0 Å². The smallest absolute Gasteiger partial charge is 0.144 e. The molecule has 2 aromatic carbocycles. The normalized spacial score (nSPS) is 20.8. The van der Waals surface area contributed by atoms with E-state index in [-0.39, 0.29) is 24.8 Å². The SMILES string of the molecule is CC(Cc1ccccc1)N[NH+]1CC[NH+](Cc2ccccc2)CC1.[Cl-].[Cl-]. The topological polar surface area (TPSA) is 20.9 Å². The molecule has 1 saturated heterocycles. The molecule has 1 unspecified atom stereocenters. The van der Waals surface area contributed by atoms with Gasteiger partial charge in [-0.1, -0.05) is 60.7 Å². The van der Waals surface area contributed by atoms with E-state index in [0.717, 1.165) is 13.0 Å². The van der Waals surface area contributed by atoms with Gasteiger partial charge in [0.25, 0.3) is 0 Å². The van der Waals surface area contributed by atoms with Gasteiger partial charge in [-0.2, -0.15) is 5.43 Å². The van der Waals surface area contributed by atoms with Gasteiger partial charge in [0.2, 0.25) is 0 Å². The first-order valence-corrected chi connectivity index (χ1v) is 8.82. The van der Waals surface area contributed by atoms with E-state index in [0.29, 0.717) is 6.04 Å². The summed E-state index contributed by atoms with van der Waals surface area (Å²) in [5.74, 6) is 0. The maximum absolute atomic E-state index is 3.76. The summed E-state index contributed by atoms with van der Waals surface area (Å²) in [4.78, 5) is 1.71. The second-order valence-electron chi connectivity index (χ2n) is 6.75. The fraction of sp³-hybridized carbons (Fsp3) is 0.400. The van der Waals surface area contributed by atoms with E-state index in [1.807, 2.05) is 0 Å². The van der Waals surface area contributed by atoms with Gasteiger partial charge in [0, 0.05) is 5.56 Å². The van der Waals surface area contributed by atoms with Crippen LogP contribution in [0.4, 0.5) is 0 Å². The van der Waals surface area contributed by atoms with Gasteiger partial charge in [-0.3, -0.25) is 0 Å². The molecule has 2 aromatic rings. The van der Waals surface area contributed by atoms with Crippen LogP contribution in [0.3, 0.4) is 0 Å². The molecule has 3 nitrogen and oxygen atoms in total. The molecule has 25 heavy (non-hydrogen) atoms. The molecule has 1 atom stereocenters. The molecular weight excluding hydrogens is 353 g/mol. The van der Waals surface area contributed by atoms with Crippen LogP contribution in [0.15, 0.2) is 60.7 Å². The van der Waals surface area contributed by atoms with Crippen molar-refractivity contribution in [3.8, 4) is 0 Å². The molecule has 1 aliphatic rings. The lowest BCUT2D eigenvalue weighted by Gasteiger charge is -2.31. The van der Waals surface area contributed by atoms with Crippen LogP contribution in [0.5, 0.6) is 0 Å². The highest BCUT2D eigenvalue weighted by molar-refractivity contribution is 5.15. The van der Waals surface area contributed by atoms with Gasteiger partial charge in [0.05, 0.1) is 6.04 Å². The number of rotatable bonds is 6. The number of piperazine rings is 1. The van der Waals surface area contributed by atoms with Crippen LogP contribution in [-0.2, 0) is 13.0 Å². The molecule has 0 bridgehead atoms. The molecule has 3 N–H and O–H groups in total. The largest absolute Gasteiger partial charge is 1.00 e. The number of hydrogen-bond donors (Lipinski definition) is 3. The third kappa shape index (κ3) is 7.35. The van der Waals surface area contributed by atoms with Crippen LogP contribution in [0.25, 0.3) is 0 Å². The number of halogens is 2. The molecular formula is C20H29Cl2N3. The summed E-state index contributed by atoms with van der Waals surface area (Å²) >= 11 is 0. The first kappa shape index (κ1) is 21.9. The summed E-state index contributed by atoms with van der Waals surface area (Å²) in [6.07, 6.45) is 1.10. The Morgan fingerprint density at radius 1 is 0.800 bits per heavy atom. The molecule has 0 spiro atoms. The first-order chi connectivity index (χ1) is 11.3. The highest BCUT2D eigenvalue weighted by atomic mass is 35.5. The van der Waals surface area contributed by atoms with Crippen molar-refractivity contribution < 1.29 is 34.7 Å². The monoisotopic (exact) mass is 381 g/mol. The van der Waals surface area contributed by atoms with E-state index in [9.17, 15) is 0 Å². The Morgan fingerprint density at radius 3 is 1.88 bits per heavy atom. The molecule has 0 saturated carbocycles. The maximum atomic E-state index is 3.76. The zero-order valence-electron chi connectivity index (χ0n) is 14.8. The van der Waals surface area contributed by atoms with Crippen molar-refractivity contribution in [2.45, 2.75) is 25.9 Å². The number of benzene rings is 2. The number of nitrogens with one attached hydrogen (secondary N) is 3. The second-order valence-corrected chi connectivity index (χ2v) is 6.75. The summed E-state index contributed by atoms with van der Waals surface area (Å²) in [5, 5.41) is 1.55. The van der Waals surface area contributed by atoms with Gasteiger partial charge in [-0.05, 0) is 18.9 Å². The van der Waals surface area contributed by atoms with Crippen molar-refractivity contribution in [3.63, 3.8) is 0 Å². The highest BCUT2D eigenvalue weighted by Crippen LogP contribution is 2.01. The molecule has 1 aliphatic heterocycles. The van der Waals surface area contributed by atoms with Crippen molar-refractivity contribution in [1.82, 2.24) is 5.43 Å². The van der Waals surface area contributed by atoms with Gasteiger partial charge in [-0.25, -0.2) is 5.01 Å². The van der Waals surface area contributed by atoms with Gasteiger partial charge < -0.3 is 29.7 Å². The van der Waals surface area contributed by atoms with E-state index >= 15 is 0 Å². The van der Waals surface area contributed by atoms with E-state index in [1.54, 1.807) is 9.91 Å². The lowest BCUT2D eigenvalue weighted by atomic mass is 10.1. The quantitative estimate of drug-likeness (QED) is 0.455. The number of hydrogen-bond acceptors (Lipinski definition) is 1. The molecule has 0 radical (unpaired) electrons. The molecule has 0 amide bonds. The minimum Gasteiger partial charge on any atom is -1.00 e. The van der Waals surface area contributed by atoms with Gasteiger partial charge in [0.1, 0.15) is 32.7 Å². The standard InChI is InChI=1S/C20H27N3.2ClH/c1-18(16-19-8-4-2-5-9-19)21-23-14-12-22(13-15-23)17-20-10-6-3-7-11-20;;/h2-11,18,21H,12-17H2,1H3;2*1H. The predicted molar refractivity (Wildman–Crippen MR) is 94.3 cm³/mol. The lowest BCUT2D eigenvalue weighted by molar-refractivity contribution is -1.04. The molecule has 0 aliphatic carbocycles. The Balaban J connectivity index is 0.00000156. The van der Waals surface area contributed by atoms with Crippen molar-refractivity contribution in [3.05, 3.63) is 71.8 Å². The van der Waals surface area contributed by atoms with Gasteiger partial charge in [0.15, 0.2) is 0 Å². The summed E-state index contributed by atoms with van der Waals surface area (Å²) in [6, 6.07) is 22.2. The molecule has 5 heteroatoms. The number of quaternary nitrogens is 2. The van der Waals surface area contributed by atoms with Crippen molar-refractivity contribution >= 4 is 0 Å². The van der Waals surface area contributed by atoms with E-state index in [4.69, 9.17) is 0 Å². The van der Waals surface area contributed by atoms with Crippen LogP contribution in [0.1, 0.15) is 18.1 Å². The Bertz CT molecular complexity index is 572. The fourth-order valence-corrected chi connectivity index (χ4v) is 3.48. The molecule has 0 aromatic heterocycles. The van der Waals surface area contributed by atoms with E-state index in [1.165, 1.54) is 37.3 Å². The Labute approximate surface area is 164 Å². The minimum absolute atomic E-state index is 0. The fourth-order valence-electron chi connectivity index (χ4n) is 3.48. The summed E-state index contributed by atoms with van der Waals surface area (Å²) in [7, 11) is 0. The Kier molecular flexibility index (Phi) is 10.1. The average molecular weight is 382 g/mol. The summed E-state index contributed by atoms with van der Waals surface area (Å²) < 4.78 is 0. The van der Waals surface area contributed by atoms with Crippen molar-refractivity contribution in [2.75, 3.05) is 26.2 Å². The third-order valence-electron chi connectivity index (χ3n) is 4.69. The maximum Gasteiger partial charge on any atom is 0.144 e. The first-order valence-electron chi connectivity index (χ1n) is 8.82. The van der Waals surface area contributed by atoms with Crippen molar-refractivity contribution in [2.24, 2.45) is 0 Å². The molecule has 138 valence electrons. The molecule has 3 rings (SSSR count). The summed E-state index contributed by atoms with van der Waals surface area (Å²) in [5.41, 5.74) is 6.63. The van der Waals surface area contributed by atoms with Crippen LogP contribution < -0.4 is 40.1 Å². The van der Waals surface area contributed by atoms with Crippen LogP contribution in [-0.4, -0.2) is 32.2 Å². The Morgan fingerprint density at radius 2 is 1.32 bits per heavy atom. The second kappa shape index (κ2) is 11.5. The Hall–Kier alpha value is -1.10. The molecule has 1 fully saturated rings. The van der Waals surface area contributed by atoms with Crippen molar-refractivity contribution in [1.29, 1.82) is 0 Å². The van der Waals surface area contributed by atoms with E-state index in [2.05, 4.69) is 73.0 Å². The zero-order valence-corrected chi connectivity index (χ0v) is 16.4. The van der Waals surface area contributed by atoms with Crippen LogP contribution in [0.2, 0.25) is 0 Å². The van der Waals surface area contributed by atoms with Gasteiger partial charge >= 0.3 is 0 Å². The zero-order chi connectivity index (χ0) is 15.9. The summed E-state index contributed by atoms with van der Waals surface area (Å²) in [6.45, 7) is 8.37. The third-order valence-corrected chi connectivity index (χ3v) is 4.69. The van der Waals surface area contributed by atoms with E-state index < -0.39 is 0 Å². The highest BCUT2D eigenvalue weighted by Gasteiger charge is 2.24. The minimum atomic E-state index is 0. The van der Waals surface area contributed by atoms with Crippen LogP contribution >= 0.6 is 0 Å². The lowest BCUT2D eigenvalue weighted by Crippen LogP contribution is -3.31. The van der Waals surface area contributed by atoms with Gasteiger partial charge in [-0.15, -0.1) is 0 Å². The molecule has 1 heterocycles.